The highest BCUT2D eigenvalue weighted by molar-refractivity contribution is 7.89. The number of H-pyrrole nitrogens is 1. The molecule has 1 aliphatic heterocycles. The van der Waals surface area contributed by atoms with Crippen molar-refractivity contribution in [2.75, 3.05) is 26.7 Å². The summed E-state index contributed by atoms with van der Waals surface area (Å²) in [5, 5.41) is 0.212. The van der Waals surface area contributed by atoms with Crippen LogP contribution in [0.4, 0.5) is 0 Å². The molecule has 19 heavy (non-hydrogen) atoms. The van der Waals surface area contributed by atoms with Gasteiger partial charge in [0.1, 0.15) is 5.82 Å². The van der Waals surface area contributed by atoms with Gasteiger partial charge in [0.05, 0.1) is 6.20 Å². The molecule has 0 radical (unpaired) electrons. The Morgan fingerprint density at radius 1 is 1.42 bits per heavy atom. The summed E-state index contributed by atoms with van der Waals surface area (Å²) >= 11 is 0. The van der Waals surface area contributed by atoms with Gasteiger partial charge >= 0.3 is 0 Å². The van der Waals surface area contributed by atoms with E-state index in [2.05, 4.69) is 21.8 Å². The van der Waals surface area contributed by atoms with Crippen molar-refractivity contribution in [2.45, 2.75) is 37.8 Å². The quantitative estimate of drug-likeness (QED) is 0.884. The molecule has 2 heterocycles. The van der Waals surface area contributed by atoms with Gasteiger partial charge in [-0.25, -0.2) is 13.4 Å². The van der Waals surface area contributed by atoms with Crippen molar-refractivity contribution < 1.29 is 8.42 Å². The average molecular weight is 286 g/mol. The lowest BCUT2D eigenvalue weighted by molar-refractivity contribution is 0.144. The zero-order valence-corrected chi connectivity index (χ0v) is 12.6. The van der Waals surface area contributed by atoms with Gasteiger partial charge in [0, 0.05) is 32.1 Å². The predicted molar refractivity (Wildman–Crippen MR) is 73.4 cm³/mol. The maximum absolute atomic E-state index is 12.5. The zero-order valence-electron chi connectivity index (χ0n) is 11.8. The lowest BCUT2D eigenvalue weighted by Gasteiger charge is -2.37. The second kappa shape index (κ2) is 5.60. The van der Waals surface area contributed by atoms with Crippen molar-refractivity contribution in [3.63, 3.8) is 0 Å². The topological polar surface area (TPSA) is 69.3 Å². The summed E-state index contributed by atoms with van der Waals surface area (Å²) in [7, 11) is -1.38. The van der Waals surface area contributed by atoms with Crippen molar-refractivity contribution in [1.82, 2.24) is 19.2 Å². The first-order chi connectivity index (χ1) is 8.98. The number of likely N-dealkylation sites (N-methyl/N-ethyl adjacent to an activating group) is 1. The van der Waals surface area contributed by atoms with Crippen LogP contribution in [0.5, 0.6) is 0 Å². The van der Waals surface area contributed by atoms with Crippen LogP contribution in [0.15, 0.2) is 11.2 Å². The SMILES string of the molecule is CCc1ncc(S(=O)(=O)N2CCN(C)C(CC)C2)[nH]1. The second-order valence-corrected chi connectivity index (χ2v) is 6.86. The Labute approximate surface area is 114 Å². The van der Waals surface area contributed by atoms with Crippen LogP contribution in [0, 0.1) is 0 Å². The molecular weight excluding hydrogens is 264 g/mol. The highest BCUT2D eigenvalue weighted by Gasteiger charge is 2.32. The molecule has 1 fully saturated rings. The second-order valence-electron chi connectivity index (χ2n) is 4.95. The third-order valence-electron chi connectivity index (χ3n) is 3.77. The van der Waals surface area contributed by atoms with Gasteiger partial charge in [0.25, 0.3) is 10.0 Å². The van der Waals surface area contributed by atoms with Gasteiger partial charge in [-0.05, 0) is 13.5 Å². The summed E-state index contributed by atoms with van der Waals surface area (Å²) in [6.07, 6.45) is 3.08. The third kappa shape index (κ3) is 2.82. The largest absolute Gasteiger partial charge is 0.332 e. The molecule has 0 aliphatic carbocycles. The number of aryl methyl sites for hydroxylation is 1. The van der Waals surface area contributed by atoms with Crippen LogP contribution < -0.4 is 0 Å². The Morgan fingerprint density at radius 3 is 2.74 bits per heavy atom. The fourth-order valence-corrected chi connectivity index (χ4v) is 3.77. The van der Waals surface area contributed by atoms with Crippen LogP contribution in [0.3, 0.4) is 0 Å². The molecule has 0 amide bonds. The molecular formula is C12H22N4O2S. The number of imidazole rings is 1. The van der Waals surface area contributed by atoms with Crippen LogP contribution in [-0.4, -0.2) is 60.3 Å². The molecule has 1 aromatic rings. The molecule has 1 aromatic heterocycles. The van der Waals surface area contributed by atoms with Gasteiger partial charge in [-0.2, -0.15) is 4.31 Å². The van der Waals surface area contributed by atoms with E-state index in [9.17, 15) is 8.42 Å². The third-order valence-corrected chi connectivity index (χ3v) is 5.54. The van der Waals surface area contributed by atoms with Gasteiger partial charge in [0.2, 0.25) is 0 Å². The monoisotopic (exact) mass is 286 g/mol. The smallest absolute Gasteiger partial charge is 0.260 e. The molecule has 1 atom stereocenters. The Kier molecular flexibility index (Phi) is 4.27. The molecule has 1 N–H and O–H groups in total. The zero-order chi connectivity index (χ0) is 14.0. The maximum atomic E-state index is 12.5. The highest BCUT2D eigenvalue weighted by Crippen LogP contribution is 2.19. The van der Waals surface area contributed by atoms with Gasteiger partial charge in [-0.3, -0.25) is 0 Å². The lowest BCUT2D eigenvalue weighted by atomic mass is 10.1. The van der Waals surface area contributed by atoms with E-state index < -0.39 is 10.0 Å². The normalized spacial score (nSPS) is 22.8. The summed E-state index contributed by atoms with van der Waals surface area (Å²) in [6.45, 7) is 5.89. The summed E-state index contributed by atoms with van der Waals surface area (Å²) in [5.74, 6) is 0.708. The van der Waals surface area contributed by atoms with E-state index in [1.165, 1.54) is 6.20 Å². The number of hydrogen-bond donors (Lipinski definition) is 1. The number of piperazine rings is 1. The molecule has 108 valence electrons. The lowest BCUT2D eigenvalue weighted by Crippen LogP contribution is -2.52. The number of aromatic nitrogens is 2. The van der Waals surface area contributed by atoms with Crippen LogP contribution in [-0.2, 0) is 16.4 Å². The van der Waals surface area contributed by atoms with Gasteiger partial charge in [0.15, 0.2) is 5.03 Å². The summed E-state index contributed by atoms with van der Waals surface area (Å²) in [4.78, 5) is 9.19. The Morgan fingerprint density at radius 2 is 2.16 bits per heavy atom. The molecule has 1 saturated heterocycles. The maximum Gasteiger partial charge on any atom is 0.260 e. The summed E-state index contributed by atoms with van der Waals surface area (Å²) < 4.78 is 26.6. The molecule has 1 aliphatic rings. The van der Waals surface area contributed by atoms with E-state index in [-0.39, 0.29) is 11.1 Å². The van der Waals surface area contributed by atoms with E-state index in [0.717, 1.165) is 13.0 Å². The van der Waals surface area contributed by atoms with Crippen molar-refractivity contribution >= 4 is 10.0 Å². The standard InChI is InChI=1S/C12H22N4O2S/c1-4-10-9-16(7-6-15(10)3)19(17,18)12-8-13-11(5-2)14-12/h8,10H,4-7,9H2,1-3H3,(H,13,14). The van der Waals surface area contributed by atoms with E-state index in [4.69, 9.17) is 0 Å². The van der Waals surface area contributed by atoms with E-state index in [1.807, 2.05) is 14.0 Å². The van der Waals surface area contributed by atoms with Crippen LogP contribution >= 0.6 is 0 Å². The Hall–Kier alpha value is -0.920. The van der Waals surface area contributed by atoms with E-state index >= 15 is 0 Å². The molecule has 2 rings (SSSR count). The Bertz CT molecular complexity index is 526. The molecule has 6 nitrogen and oxygen atoms in total. The number of nitrogens with one attached hydrogen (secondary N) is 1. The minimum atomic E-state index is -3.43. The first kappa shape index (κ1) is 14.5. The fourth-order valence-electron chi connectivity index (χ4n) is 2.37. The summed E-state index contributed by atoms with van der Waals surface area (Å²) in [6, 6.07) is 0.289. The first-order valence-corrected chi connectivity index (χ1v) is 8.17. The average Bonchev–Trinajstić information content (AvgIpc) is 2.88. The van der Waals surface area contributed by atoms with Gasteiger partial charge in [-0.1, -0.05) is 13.8 Å². The van der Waals surface area contributed by atoms with Crippen molar-refractivity contribution in [2.24, 2.45) is 0 Å². The highest BCUT2D eigenvalue weighted by atomic mass is 32.2. The molecule has 0 saturated carbocycles. The molecule has 1 unspecified atom stereocenters. The first-order valence-electron chi connectivity index (χ1n) is 6.73. The minimum Gasteiger partial charge on any atom is -0.332 e. The van der Waals surface area contributed by atoms with Crippen molar-refractivity contribution in [3.8, 4) is 0 Å². The Balaban J connectivity index is 2.20. The minimum absolute atomic E-state index is 0.212. The van der Waals surface area contributed by atoms with Gasteiger partial charge < -0.3 is 9.88 Å². The number of sulfonamides is 1. The van der Waals surface area contributed by atoms with Crippen molar-refractivity contribution in [3.05, 3.63) is 12.0 Å². The number of aromatic amines is 1. The number of nitrogens with zero attached hydrogens (tertiary/aromatic N) is 3. The van der Waals surface area contributed by atoms with E-state index in [0.29, 0.717) is 25.3 Å². The number of rotatable bonds is 4. The van der Waals surface area contributed by atoms with E-state index in [1.54, 1.807) is 4.31 Å². The number of hydrogen-bond acceptors (Lipinski definition) is 4. The molecule has 0 aromatic carbocycles. The van der Waals surface area contributed by atoms with Crippen LogP contribution in [0.25, 0.3) is 0 Å². The van der Waals surface area contributed by atoms with Gasteiger partial charge in [-0.15, -0.1) is 0 Å². The molecule has 0 bridgehead atoms. The predicted octanol–water partition coefficient (Wildman–Crippen LogP) is 0.687. The summed E-state index contributed by atoms with van der Waals surface area (Å²) in [5.41, 5.74) is 0. The van der Waals surface area contributed by atoms with Crippen LogP contribution in [0.2, 0.25) is 0 Å². The molecule has 0 spiro atoms. The fraction of sp³-hybridized carbons (Fsp3) is 0.750. The molecule has 7 heteroatoms. The van der Waals surface area contributed by atoms with Crippen LogP contribution in [0.1, 0.15) is 26.1 Å². The van der Waals surface area contributed by atoms with Crippen molar-refractivity contribution in [1.29, 1.82) is 0 Å².